The van der Waals surface area contributed by atoms with Crippen LogP contribution in [-0.2, 0) is 11.3 Å². The predicted molar refractivity (Wildman–Crippen MR) is 101 cm³/mol. The maximum absolute atomic E-state index is 12.3. The van der Waals surface area contributed by atoms with Gasteiger partial charge in [-0.3, -0.25) is 14.5 Å². The standard InChI is InChI=1S/C19H25N3O2S/c1-15-7-10-21(11-8-15)16(17-5-4-12-25-17)13-20-18(23)14-22-9-3-2-6-19(22)24/h2-6,9,12,15-16H,7-8,10-11,13-14H2,1H3,(H,20,23). The van der Waals surface area contributed by atoms with Crippen LogP contribution in [-0.4, -0.2) is 35.0 Å². The van der Waals surface area contributed by atoms with Gasteiger partial charge in [0, 0.05) is 23.7 Å². The number of thiophene rings is 1. The Morgan fingerprint density at radius 1 is 1.28 bits per heavy atom. The largest absolute Gasteiger partial charge is 0.353 e. The summed E-state index contributed by atoms with van der Waals surface area (Å²) in [6, 6.07) is 9.32. The topological polar surface area (TPSA) is 54.3 Å². The van der Waals surface area contributed by atoms with Gasteiger partial charge in [0.25, 0.3) is 5.56 Å². The molecule has 0 aliphatic carbocycles. The lowest BCUT2D eigenvalue weighted by molar-refractivity contribution is -0.122. The van der Waals surface area contributed by atoms with Crippen LogP contribution in [0.1, 0.15) is 30.7 Å². The van der Waals surface area contributed by atoms with Crippen LogP contribution >= 0.6 is 11.3 Å². The molecule has 1 aliphatic heterocycles. The molecule has 3 rings (SSSR count). The number of likely N-dealkylation sites (tertiary alicyclic amines) is 1. The Balaban J connectivity index is 1.62. The van der Waals surface area contributed by atoms with Gasteiger partial charge in [-0.1, -0.05) is 19.1 Å². The molecule has 0 bridgehead atoms. The third kappa shape index (κ3) is 4.80. The molecule has 0 aromatic carbocycles. The fourth-order valence-electron chi connectivity index (χ4n) is 3.24. The molecular weight excluding hydrogens is 334 g/mol. The summed E-state index contributed by atoms with van der Waals surface area (Å²) in [6.45, 7) is 5.08. The van der Waals surface area contributed by atoms with Crippen LogP contribution in [0.2, 0.25) is 0 Å². The van der Waals surface area contributed by atoms with Crippen molar-refractivity contribution >= 4 is 17.2 Å². The maximum atomic E-state index is 12.3. The first-order chi connectivity index (χ1) is 12.1. The second-order valence-corrected chi connectivity index (χ2v) is 7.70. The lowest BCUT2D eigenvalue weighted by atomic mass is 9.97. The van der Waals surface area contributed by atoms with Crippen LogP contribution in [0.15, 0.2) is 46.7 Å². The van der Waals surface area contributed by atoms with Gasteiger partial charge in [-0.05, 0) is 49.4 Å². The summed E-state index contributed by atoms with van der Waals surface area (Å²) < 4.78 is 1.43. The average Bonchev–Trinajstić information content (AvgIpc) is 3.13. The second-order valence-electron chi connectivity index (χ2n) is 6.72. The Morgan fingerprint density at radius 3 is 2.76 bits per heavy atom. The molecule has 5 nitrogen and oxygen atoms in total. The first-order valence-corrected chi connectivity index (χ1v) is 9.71. The Bertz CT molecular complexity index is 733. The molecule has 3 heterocycles. The molecule has 1 atom stereocenters. The monoisotopic (exact) mass is 359 g/mol. The van der Waals surface area contributed by atoms with Gasteiger partial charge in [0.1, 0.15) is 6.54 Å². The molecule has 1 unspecified atom stereocenters. The van der Waals surface area contributed by atoms with E-state index in [2.05, 4.69) is 34.7 Å². The van der Waals surface area contributed by atoms with Crippen molar-refractivity contribution in [3.8, 4) is 0 Å². The summed E-state index contributed by atoms with van der Waals surface area (Å²) in [5.74, 6) is 0.653. The smallest absolute Gasteiger partial charge is 0.250 e. The van der Waals surface area contributed by atoms with Crippen LogP contribution in [0.25, 0.3) is 0 Å². The summed E-state index contributed by atoms with van der Waals surface area (Å²) in [7, 11) is 0. The minimum atomic E-state index is -0.155. The van der Waals surface area contributed by atoms with E-state index in [-0.39, 0.29) is 24.1 Å². The number of amides is 1. The summed E-state index contributed by atoms with van der Waals surface area (Å²) >= 11 is 1.74. The number of pyridine rings is 1. The molecule has 1 amide bonds. The highest BCUT2D eigenvalue weighted by atomic mass is 32.1. The molecule has 25 heavy (non-hydrogen) atoms. The van der Waals surface area contributed by atoms with E-state index >= 15 is 0 Å². The van der Waals surface area contributed by atoms with Gasteiger partial charge < -0.3 is 9.88 Å². The zero-order valence-corrected chi connectivity index (χ0v) is 15.4. The second kappa shape index (κ2) is 8.45. The number of nitrogens with one attached hydrogen (secondary N) is 1. The number of carbonyl (C=O) groups is 1. The Hall–Kier alpha value is -1.92. The highest BCUT2D eigenvalue weighted by molar-refractivity contribution is 7.10. The van der Waals surface area contributed by atoms with Crippen molar-refractivity contribution in [1.29, 1.82) is 0 Å². The number of nitrogens with zero attached hydrogens (tertiary/aromatic N) is 2. The molecule has 1 saturated heterocycles. The van der Waals surface area contributed by atoms with Crippen LogP contribution in [0, 0.1) is 5.92 Å². The quantitative estimate of drug-likeness (QED) is 0.862. The summed E-state index contributed by atoms with van der Waals surface area (Å²) in [6.07, 6.45) is 4.05. The van der Waals surface area contributed by atoms with E-state index in [9.17, 15) is 9.59 Å². The van der Waals surface area contributed by atoms with Gasteiger partial charge in [-0.25, -0.2) is 0 Å². The zero-order chi connectivity index (χ0) is 17.6. The molecule has 0 spiro atoms. The van der Waals surface area contributed by atoms with Crippen molar-refractivity contribution in [3.05, 3.63) is 57.1 Å². The zero-order valence-electron chi connectivity index (χ0n) is 14.6. The van der Waals surface area contributed by atoms with Crippen molar-refractivity contribution in [1.82, 2.24) is 14.8 Å². The predicted octanol–water partition coefficient (Wildman–Crippen LogP) is 2.50. The van der Waals surface area contributed by atoms with Crippen LogP contribution in [0.3, 0.4) is 0 Å². The van der Waals surface area contributed by atoms with Crippen molar-refractivity contribution in [2.24, 2.45) is 5.92 Å². The number of aromatic nitrogens is 1. The van der Waals surface area contributed by atoms with Gasteiger partial charge in [-0.15, -0.1) is 11.3 Å². The van der Waals surface area contributed by atoms with Crippen molar-refractivity contribution in [3.63, 3.8) is 0 Å². The molecule has 1 fully saturated rings. The molecule has 1 aliphatic rings. The first-order valence-electron chi connectivity index (χ1n) is 8.83. The highest BCUT2D eigenvalue weighted by Gasteiger charge is 2.25. The molecular formula is C19H25N3O2S. The van der Waals surface area contributed by atoms with E-state index in [1.54, 1.807) is 29.7 Å². The molecule has 134 valence electrons. The lowest BCUT2D eigenvalue weighted by Gasteiger charge is -2.36. The van der Waals surface area contributed by atoms with E-state index in [1.807, 2.05) is 0 Å². The molecule has 6 heteroatoms. The van der Waals surface area contributed by atoms with Crippen molar-refractivity contribution in [2.45, 2.75) is 32.4 Å². The molecule has 0 radical (unpaired) electrons. The van der Waals surface area contributed by atoms with E-state index in [4.69, 9.17) is 0 Å². The van der Waals surface area contributed by atoms with Gasteiger partial charge >= 0.3 is 0 Å². The van der Waals surface area contributed by atoms with Gasteiger partial charge in [0.05, 0.1) is 6.04 Å². The number of hydrogen-bond acceptors (Lipinski definition) is 4. The van der Waals surface area contributed by atoms with Crippen LogP contribution < -0.4 is 10.9 Å². The molecule has 2 aromatic rings. The minimum Gasteiger partial charge on any atom is -0.353 e. The van der Waals surface area contributed by atoms with E-state index in [1.165, 1.54) is 28.4 Å². The lowest BCUT2D eigenvalue weighted by Crippen LogP contribution is -2.42. The first kappa shape index (κ1) is 17.9. The third-order valence-corrected chi connectivity index (χ3v) is 5.81. The van der Waals surface area contributed by atoms with Crippen LogP contribution in [0.5, 0.6) is 0 Å². The minimum absolute atomic E-state index is 0.0634. The van der Waals surface area contributed by atoms with E-state index < -0.39 is 0 Å². The molecule has 2 aromatic heterocycles. The summed E-state index contributed by atoms with van der Waals surface area (Å²) in [5.41, 5.74) is -0.155. The van der Waals surface area contributed by atoms with E-state index in [0.717, 1.165) is 19.0 Å². The van der Waals surface area contributed by atoms with Gasteiger partial charge in [0.2, 0.25) is 5.91 Å². The highest BCUT2D eigenvalue weighted by Crippen LogP contribution is 2.28. The fourth-order valence-corrected chi connectivity index (χ4v) is 4.10. The summed E-state index contributed by atoms with van der Waals surface area (Å²) in [4.78, 5) is 27.8. The van der Waals surface area contributed by atoms with Crippen molar-refractivity contribution in [2.75, 3.05) is 19.6 Å². The van der Waals surface area contributed by atoms with Crippen LogP contribution in [0.4, 0.5) is 0 Å². The average molecular weight is 359 g/mol. The molecule has 1 N–H and O–H groups in total. The maximum Gasteiger partial charge on any atom is 0.250 e. The number of piperidine rings is 1. The Morgan fingerprint density at radius 2 is 2.08 bits per heavy atom. The number of carbonyl (C=O) groups excluding carboxylic acids is 1. The Labute approximate surface area is 152 Å². The van der Waals surface area contributed by atoms with E-state index in [0.29, 0.717) is 6.54 Å². The fraction of sp³-hybridized carbons (Fsp3) is 0.474. The Kier molecular flexibility index (Phi) is 6.04. The number of rotatable bonds is 6. The van der Waals surface area contributed by atoms with Crippen molar-refractivity contribution < 1.29 is 4.79 Å². The SMILES string of the molecule is CC1CCN(C(CNC(=O)Cn2ccccc2=O)c2cccs2)CC1. The van der Waals surface area contributed by atoms with Gasteiger partial charge in [0.15, 0.2) is 0 Å². The summed E-state index contributed by atoms with van der Waals surface area (Å²) in [5, 5.41) is 5.11. The normalized spacial score (nSPS) is 17.3. The third-order valence-electron chi connectivity index (χ3n) is 4.84. The number of hydrogen-bond donors (Lipinski definition) is 1. The molecule has 0 saturated carbocycles. The van der Waals surface area contributed by atoms with Gasteiger partial charge in [-0.2, -0.15) is 0 Å².